The van der Waals surface area contributed by atoms with E-state index in [-0.39, 0.29) is 5.56 Å². The Labute approximate surface area is 116 Å². The lowest BCUT2D eigenvalue weighted by Crippen LogP contribution is -2.29. The van der Waals surface area contributed by atoms with E-state index in [1.807, 2.05) is 6.92 Å². The quantitative estimate of drug-likeness (QED) is 0.653. The molecule has 0 heterocycles. The highest BCUT2D eigenvalue weighted by atomic mass is 19.1. The van der Waals surface area contributed by atoms with Crippen molar-refractivity contribution in [2.45, 2.75) is 13.0 Å². The lowest BCUT2D eigenvalue weighted by Gasteiger charge is -2.18. The van der Waals surface area contributed by atoms with E-state index in [0.29, 0.717) is 12.4 Å². The first-order valence-electron chi connectivity index (χ1n) is 6.29. The average molecular weight is 278 g/mol. The van der Waals surface area contributed by atoms with Crippen molar-refractivity contribution in [3.05, 3.63) is 65.2 Å². The van der Waals surface area contributed by atoms with Crippen LogP contribution in [0.5, 0.6) is 5.75 Å². The van der Waals surface area contributed by atoms with Gasteiger partial charge in [-0.1, -0.05) is 12.1 Å². The van der Waals surface area contributed by atoms with Crippen LogP contribution in [0.3, 0.4) is 0 Å². The number of nitrogens with two attached hydrogens (primary N) is 1. The molecule has 0 aromatic heterocycles. The summed E-state index contributed by atoms with van der Waals surface area (Å²) in [4.78, 5) is 0. The Morgan fingerprint density at radius 1 is 1.15 bits per heavy atom. The van der Waals surface area contributed by atoms with Gasteiger partial charge in [0.1, 0.15) is 17.4 Å². The molecule has 3 N–H and O–H groups in total. The number of hydrogen-bond donors (Lipinski definition) is 2. The van der Waals surface area contributed by atoms with E-state index >= 15 is 0 Å². The van der Waals surface area contributed by atoms with Gasteiger partial charge in [0.25, 0.3) is 0 Å². The summed E-state index contributed by atoms with van der Waals surface area (Å²) in [5.74, 6) is 5.18. The lowest BCUT2D eigenvalue weighted by molar-refractivity contribution is 0.340. The summed E-state index contributed by atoms with van der Waals surface area (Å²) in [7, 11) is 0. The fourth-order valence-corrected chi connectivity index (χ4v) is 2.02. The SMILES string of the molecule is CCOc1ccc(C(NN)c2cc(F)ccc2F)cc1. The van der Waals surface area contributed by atoms with E-state index in [4.69, 9.17) is 10.6 Å². The number of ether oxygens (including phenoxy) is 1. The molecule has 2 aromatic rings. The van der Waals surface area contributed by atoms with E-state index in [0.717, 1.165) is 23.8 Å². The van der Waals surface area contributed by atoms with Gasteiger partial charge in [0, 0.05) is 5.56 Å². The first-order valence-corrected chi connectivity index (χ1v) is 6.29. The Morgan fingerprint density at radius 3 is 2.45 bits per heavy atom. The van der Waals surface area contributed by atoms with Crippen LogP contribution in [-0.4, -0.2) is 6.61 Å². The van der Waals surface area contributed by atoms with Crippen molar-refractivity contribution in [2.24, 2.45) is 5.84 Å². The molecule has 1 unspecified atom stereocenters. The molecule has 0 aliphatic heterocycles. The summed E-state index contributed by atoms with van der Waals surface area (Å²) in [6, 6.07) is 9.73. The highest BCUT2D eigenvalue weighted by Gasteiger charge is 2.17. The van der Waals surface area contributed by atoms with E-state index < -0.39 is 17.7 Å². The summed E-state index contributed by atoms with van der Waals surface area (Å²) < 4.78 is 32.4. The molecule has 106 valence electrons. The van der Waals surface area contributed by atoms with Gasteiger partial charge in [0.2, 0.25) is 0 Å². The molecule has 0 spiro atoms. The number of hydrogen-bond acceptors (Lipinski definition) is 3. The van der Waals surface area contributed by atoms with Crippen LogP contribution in [0.25, 0.3) is 0 Å². The van der Waals surface area contributed by atoms with Crippen LogP contribution in [0, 0.1) is 11.6 Å². The predicted molar refractivity (Wildman–Crippen MR) is 73.1 cm³/mol. The Kier molecular flexibility index (Phi) is 4.65. The van der Waals surface area contributed by atoms with Crippen molar-refractivity contribution in [3.8, 4) is 5.75 Å². The molecule has 0 amide bonds. The van der Waals surface area contributed by atoms with Gasteiger partial charge in [0.15, 0.2) is 0 Å². The summed E-state index contributed by atoms with van der Waals surface area (Å²) in [5, 5.41) is 0. The smallest absolute Gasteiger partial charge is 0.128 e. The van der Waals surface area contributed by atoms with E-state index in [1.165, 1.54) is 0 Å². The normalized spacial score (nSPS) is 12.2. The van der Waals surface area contributed by atoms with E-state index in [1.54, 1.807) is 24.3 Å². The molecule has 0 bridgehead atoms. The van der Waals surface area contributed by atoms with Crippen LogP contribution in [0.1, 0.15) is 24.1 Å². The molecule has 0 aliphatic carbocycles. The minimum atomic E-state index is -0.624. The number of hydrazine groups is 1. The van der Waals surface area contributed by atoms with Gasteiger partial charge >= 0.3 is 0 Å². The van der Waals surface area contributed by atoms with Crippen molar-refractivity contribution in [1.29, 1.82) is 0 Å². The molecule has 0 aliphatic rings. The van der Waals surface area contributed by atoms with Gasteiger partial charge in [0.05, 0.1) is 12.6 Å². The molecule has 20 heavy (non-hydrogen) atoms. The van der Waals surface area contributed by atoms with Gasteiger partial charge in [-0.05, 0) is 42.8 Å². The first-order chi connectivity index (χ1) is 9.65. The van der Waals surface area contributed by atoms with Gasteiger partial charge in [-0.25, -0.2) is 14.2 Å². The van der Waals surface area contributed by atoms with Gasteiger partial charge < -0.3 is 4.74 Å². The standard InChI is InChI=1S/C15H16F2N2O/c1-2-20-12-6-3-10(4-7-12)15(19-18)13-9-11(16)5-8-14(13)17/h3-9,15,19H,2,18H2,1H3. The Morgan fingerprint density at radius 2 is 1.85 bits per heavy atom. The largest absolute Gasteiger partial charge is 0.494 e. The van der Waals surface area contributed by atoms with Crippen LogP contribution in [0.2, 0.25) is 0 Å². The topological polar surface area (TPSA) is 47.3 Å². The Hall–Kier alpha value is -1.98. The molecule has 5 heteroatoms. The molecule has 1 atom stereocenters. The van der Waals surface area contributed by atoms with Gasteiger partial charge in [-0.2, -0.15) is 0 Å². The van der Waals surface area contributed by atoms with Crippen molar-refractivity contribution in [1.82, 2.24) is 5.43 Å². The number of nitrogens with one attached hydrogen (secondary N) is 1. The highest BCUT2D eigenvalue weighted by molar-refractivity contribution is 5.36. The maximum atomic E-state index is 13.8. The second kappa shape index (κ2) is 6.45. The monoisotopic (exact) mass is 278 g/mol. The van der Waals surface area contributed by atoms with Gasteiger partial charge in [-0.3, -0.25) is 5.84 Å². The minimum Gasteiger partial charge on any atom is -0.494 e. The predicted octanol–water partition coefficient (Wildman–Crippen LogP) is 2.92. The van der Waals surface area contributed by atoms with Crippen LogP contribution in [0.15, 0.2) is 42.5 Å². The zero-order chi connectivity index (χ0) is 14.5. The summed E-state index contributed by atoms with van der Waals surface area (Å²) >= 11 is 0. The summed E-state index contributed by atoms with van der Waals surface area (Å²) in [5.41, 5.74) is 3.39. The fraction of sp³-hybridized carbons (Fsp3) is 0.200. The number of rotatable bonds is 5. The van der Waals surface area contributed by atoms with Crippen molar-refractivity contribution >= 4 is 0 Å². The zero-order valence-electron chi connectivity index (χ0n) is 11.1. The zero-order valence-corrected chi connectivity index (χ0v) is 11.1. The molecule has 0 fully saturated rings. The van der Waals surface area contributed by atoms with Crippen LogP contribution in [-0.2, 0) is 0 Å². The molecule has 0 saturated carbocycles. The van der Waals surface area contributed by atoms with Crippen molar-refractivity contribution in [2.75, 3.05) is 6.61 Å². The summed E-state index contributed by atoms with van der Waals surface area (Å²) in [6.45, 7) is 2.46. The maximum Gasteiger partial charge on any atom is 0.128 e. The maximum absolute atomic E-state index is 13.8. The number of halogens is 2. The Bertz CT molecular complexity index is 573. The number of benzene rings is 2. The second-order valence-corrected chi connectivity index (χ2v) is 4.27. The van der Waals surface area contributed by atoms with Crippen molar-refractivity contribution in [3.63, 3.8) is 0 Å². The molecule has 2 rings (SSSR count). The minimum absolute atomic E-state index is 0.164. The van der Waals surface area contributed by atoms with E-state index in [2.05, 4.69) is 5.43 Å². The average Bonchev–Trinajstić information content (AvgIpc) is 2.45. The fourth-order valence-electron chi connectivity index (χ4n) is 2.02. The Balaban J connectivity index is 2.34. The molecular formula is C15H16F2N2O. The van der Waals surface area contributed by atoms with E-state index in [9.17, 15) is 8.78 Å². The first kappa shape index (κ1) is 14.4. The molecule has 2 aromatic carbocycles. The molecule has 0 radical (unpaired) electrons. The third-order valence-corrected chi connectivity index (χ3v) is 2.96. The molecule has 3 nitrogen and oxygen atoms in total. The lowest BCUT2D eigenvalue weighted by atomic mass is 9.98. The van der Waals surface area contributed by atoms with Crippen molar-refractivity contribution < 1.29 is 13.5 Å². The molecular weight excluding hydrogens is 262 g/mol. The second-order valence-electron chi connectivity index (χ2n) is 4.27. The van der Waals surface area contributed by atoms with Crippen LogP contribution >= 0.6 is 0 Å². The van der Waals surface area contributed by atoms with Crippen LogP contribution in [0.4, 0.5) is 8.78 Å². The van der Waals surface area contributed by atoms with Gasteiger partial charge in [-0.15, -0.1) is 0 Å². The third kappa shape index (κ3) is 3.12. The highest BCUT2D eigenvalue weighted by Crippen LogP contribution is 2.26. The van der Waals surface area contributed by atoms with Crippen LogP contribution < -0.4 is 16.0 Å². The summed E-state index contributed by atoms with van der Waals surface area (Å²) in [6.07, 6.45) is 0. The molecule has 0 saturated heterocycles. The third-order valence-electron chi connectivity index (χ3n) is 2.96.